The van der Waals surface area contributed by atoms with E-state index in [0.717, 1.165) is 80.3 Å². The van der Waals surface area contributed by atoms with Crippen molar-refractivity contribution in [3.63, 3.8) is 0 Å². The molecule has 6 heteroatoms. The summed E-state index contributed by atoms with van der Waals surface area (Å²) in [6, 6.07) is 21.8. The Kier molecular flexibility index (Phi) is 12.8. The van der Waals surface area contributed by atoms with Crippen LogP contribution in [0, 0.1) is 11.6 Å². The second-order valence-electron chi connectivity index (χ2n) is 11.7. The molecule has 0 bridgehead atoms. The van der Waals surface area contributed by atoms with Gasteiger partial charge in [-0.3, -0.25) is 0 Å². The van der Waals surface area contributed by atoms with Gasteiger partial charge in [0.05, 0.1) is 13.2 Å². The van der Waals surface area contributed by atoms with Crippen molar-refractivity contribution in [1.82, 2.24) is 0 Å². The number of halogens is 2. The quantitative estimate of drug-likeness (QED) is 0.0872. The molecule has 2 nitrogen and oxygen atoms in total. The number of unbranched alkanes of at least 4 members (excludes halogenated alkanes) is 8. The number of ether oxygens (including phenoxy) is 2. The van der Waals surface area contributed by atoms with Crippen LogP contribution in [0.2, 0.25) is 0 Å². The zero-order valence-corrected chi connectivity index (χ0v) is 28.6. The third-order valence-electron chi connectivity index (χ3n) is 8.22. The molecule has 0 fully saturated rings. The van der Waals surface area contributed by atoms with E-state index < -0.39 is 0 Å². The molecule has 3 aromatic carbocycles. The summed E-state index contributed by atoms with van der Waals surface area (Å²) < 4.78 is 40.9. The maximum Gasteiger partial charge on any atom is 0.128 e. The fourth-order valence-corrected chi connectivity index (χ4v) is 7.56. The molecule has 0 unspecified atom stereocenters. The Labute approximate surface area is 281 Å². The van der Waals surface area contributed by atoms with Crippen molar-refractivity contribution in [2.45, 2.75) is 78.1 Å². The summed E-state index contributed by atoms with van der Waals surface area (Å²) in [6.07, 6.45) is 11.5. The van der Waals surface area contributed by atoms with Crippen molar-refractivity contribution >= 4 is 22.7 Å². The number of hydrogen-bond acceptors (Lipinski definition) is 4. The summed E-state index contributed by atoms with van der Waals surface area (Å²) in [4.78, 5) is 2.13. The Morgan fingerprint density at radius 3 is 1.26 bits per heavy atom. The van der Waals surface area contributed by atoms with Crippen molar-refractivity contribution < 1.29 is 18.3 Å². The second kappa shape index (κ2) is 17.4. The first-order valence-corrected chi connectivity index (χ1v) is 18.5. The van der Waals surface area contributed by atoms with Crippen LogP contribution in [0.15, 0.2) is 83.6 Å². The Bertz CT molecular complexity index is 1510. The van der Waals surface area contributed by atoms with E-state index in [1.165, 1.54) is 62.8 Å². The molecule has 242 valence electrons. The fourth-order valence-electron chi connectivity index (χ4n) is 5.68. The van der Waals surface area contributed by atoms with Crippen LogP contribution in [-0.2, 0) is 0 Å². The highest BCUT2D eigenvalue weighted by atomic mass is 32.1. The van der Waals surface area contributed by atoms with Crippen LogP contribution < -0.4 is 9.47 Å². The summed E-state index contributed by atoms with van der Waals surface area (Å²) in [5.74, 6) is 1.12. The first-order chi connectivity index (χ1) is 22.6. The highest BCUT2D eigenvalue weighted by Crippen LogP contribution is 2.49. The van der Waals surface area contributed by atoms with Crippen molar-refractivity contribution in [3.8, 4) is 54.6 Å². The van der Waals surface area contributed by atoms with Crippen LogP contribution in [-0.4, -0.2) is 13.2 Å². The molecule has 0 aliphatic rings. The van der Waals surface area contributed by atoms with E-state index in [1.807, 2.05) is 24.3 Å². The predicted molar refractivity (Wildman–Crippen MR) is 192 cm³/mol. The van der Waals surface area contributed by atoms with Gasteiger partial charge in [-0.2, -0.15) is 0 Å². The summed E-state index contributed by atoms with van der Waals surface area (Å²) in [5.41, 5.74) is 5.96. The average Bonchev–Trinajstić information content (AvgIpc) is 3.76. The first kappa shape index (κ1) is 33.9. The Morgan fingerprint density at radius 2 is 0.870 bits per heavy atom. The second-order valence-corrected chi connectivity index (χ2v) is 13.5. The number of thiophene rings is 2. The first-order valence-electron chi connectivity index (χ1n) is 16.7. The molecule has 0 atom stereocenters. The lowest BCUT2D eigenvalue weighted by Gasteiger charge is -2.19. The molecule has 0 amide bonds. The fraction of sp³-hybridized carbons (Fsp3) is 0.350. The van der Waals surface area contributed by atoms with Crippen LogP contribution >= 0.6 is 22.7 Å². The molecule has 0 saturated carbocycles. The molecule has 0 radical (unpaired) electrons. The normalized spacial score (nSPS) is 11.2. The zero-order valence-electron chi connectivity index (χ0n) is 27.0. The van der Waals surface area contributed by atoms with Crippen LogP contribution in [0.1, 0.15) is 78.1 Å². The highest BCUT2D eigenvalue weighted by molar-refractivity contribution is 7.14. The molecule has 0 saturated heterocycles. The van der Waals surface area contributed by atoms with Gasteiger partial charge in [0.25, 0.3) is 0 Å². The molecule has 0 spiro atoms. The predicted octanol–water partition coefficient (Wildman–Crippen LogP) is 13.5. The van der Waals surface area contributed by atoms with Gasteiger partial charge in [0.15, 0.2) is 0 Å². The maximum absolute atomic E-state index is 13.8. The molecule has 5 rings (SSSR count). The Balaban J connectivity index is 1.57. The van der Waals surface area contributed by atoms with Gasteiger partial charge in [-0.15, -0.1) is 22.7 Å². The van der Waals surface area contributed by atoms with E-state index in [2.05, 4.69) is 48.9 Å². The highest BCUT2D eigenvalue weighted by Gasteiger charge is 2.22. The minimum Gasteiger partial charge on any atom is -0.493 e. The third kappa shape index (κ3) is 8.86. The number of hydrogen-bond donors (Lipinski definition) is 0. The van der Waals surface area contributed by atoms with E-state index >= 15 is 0 Å². The summed E-state index contributed by atoms with van der Waals surface area (Å²) in [6.45, 7) is 5.70. The van der Waals surface area contributed by atoms with E-state index in [-0.39, 0.29) is 11.6 Å². The van der Waals surface area contributed by atoms with E-state index in [0.29, 0.717) is 13.2 Å². The van der Waals surface area contributed by atoms with Crippen molar-refractivity contribution in [3.05, 3.63) is 95.2 Å². The monoisotopic (exact) mass is 658 g/mol. The van der Waals surface area contributed by atoms with Gasteiger partial charge >= 0.3 is 0 Å². The van der Waals surface area contributed by atoms with Crippen LogP contribution in [0.4, 0.5) is 8.78 Å². The minimum atomic E-state index is -0.250. The molecule has 46 heavy (non-hydrogen) atoms. The van der Waals surface area contributed by atoms with Crippen molar-refractivity contribution in [1.29, 1.82) is 0 Å². The van der Waals surface area contributed by atoms with Gasteiger partial charge in [0, 0.05) is 32.0 Å². The summed E-state index contributed by atoms with van der Waals surface area (Å²) >= 11 is 3.31. The largest absolute Gasteiger partial charge is 0.493 e. The van der Waals surface area contributed by atoms with Crippen molar-refractivity contribution in [2.75, 3.05) is 13.2 Å². The smallest absolute Gasteiger partial charge is 0.128 e. The lowest BCUT2D eigenvalue weighted by atomic mass is 9.98. The standard InChI is InChI=1S/C40H44F2O2S2/c1-3-5-7-9-11-23-43-37-27-36(40-34(22-26-46-40)30-15-19-32(42)20-16-30)38(44-24-12-10-8-6-4-2)28-35(37)39-33(21-25-45-39)29-13-17-31(41)18-14-29/h13-22,25-28H,3-12,23-24H2,1-2H3. The number of benzene rings is 3. The molecule has 0 aliphatic heterocycles. The Hall–Kier alpha value is -3.48. The molecule has 2 aromatic heterocycles. The van der Waals surface area contributed by atoms with Gasteiger partial charge in [-0.1, -0.05) is 89.5 Å². The van der Waals surface area contributed by atoms with Gasteiger partial charge in [-0.05, 0) is 83.3 Å². The van der Waals surface area contributed by atoms with Gasteiger partial charge in [0.2, 0.25) is 0 Å². The third-order valence-corrected chi connectivity index (χ3v) is 10.1. The minimum absolute atomic E-state index is 0.250. The SMILES string of the molecule is CCCCCCCOc1cc(-c2sccc2-c2ccc(F)cc2)c(OCCCCCCC)cc1-c1sccc1-c1ccc(F)cc1. The Morgan fingerprint density at radius 1 is 0.478 bits per heavy atom. The molecule has 5 aromatic rings. The number of rotatable bonds is 18. The van der Waals surface area contributed by atoms with Gasteiger partial charge in [0.1, 0.15) is 23.1 Å². The molecule has 0 aliphatic carbocycles. The van der Waals surface area contributed by atoms with E-state index in [1.54, 1.807) is 22.7 Å². The molecular formula is C40H44F2O2S2. The van der Waals surface area contributed by atoms with Crippen molar-refractivity contribution in [2.24, 2.45) is 0 Å². The average molecular weight is 659 g/mol. The van der Waals surface area contributed by atoms with Crippen LogP contribution in [0.25, 0.3) is 43.1 Å². The zero-order chi connectivity index (χ0) is 32.1. The van der Waals surface area contributed by atoms with Crippen LogP contribution in [0.5, 0.6) is 11.5 Å². The van der Waals surface area contributed by atoms with Gasteiger partial charge in [-0.25, -0.2) is 8.78 Å². The van der Waals surface area contributed by atoms with Crippen LogP contribution in [0.3, 0.4) is 0 Å². The maximum atomic E-state index is 13.8. The topological polar surface area (TPSA) is 18.5 Å². The van der Waals surface area contributed by atoms with E-state index in [4.69, 9.17) is 9.47 Å². The summed E-state index contributed by atoms with van der Waals surface area (Å²) in [5, 5.41) is 4.16. The summed E-state index contributed by atoms with van der Waals surface area (Å²) in [7, 11) is 0. The lowest BCUT2D eigenvalue weighted by Crippen LogP contribution is -2.03. The molecule has 2 heterocycles. The van der Waals surface area contributed by atoms with Gasteiger partial charge < -0.3 is 9.47 Å². The van der Waals surface area contributed by atoms with E-state index in [9.17, 15) is 8.78 Å². The molecular weight excluding hydrogens is 615 g/mol. The molecule has 0 N–H and O–H groups in total. The lowest BCUT2D eigenvalue weighted by molar-refractivity contribution is 0.298.